The molecule has 1 fully saturated rings. The molecule has 1 aliphatic carbocycles. The molecular weight excluding hydrogens is 404 g/mol. The minimum Gasteiger partial charge on any atom is -0.396 e. The van der Waals surface area contributed by atoms with Gasteiger partial charge >= 0.3 is 0 Å². The van der Waals surface area contributed by atoms with E-state index in [2.05, 4.69) is 25.6 Å². The molecule has 0 bridgehead atoms. The van der Waals surface area contributed by atoms with Gasteiger partial charge in [-0.2, -0.15) is 4.98 Å². The Morgan fingerprint density at radius 3 is 2.87 bits per heavy atom. The van der Waals surface area contributed by atoms with Gasteiger partial charge in [-0.25, -0.2) is 9.97 Å². The third-order valence-corrected chi connectivity index (χ3v) is 6.34. The van der Waals surface area contributed by atoms with Crippen molar-refractivity contribution in [3.05, 3.63) is 24.2 Å². The van der Waals surface area contributed by atoms with Crippen LogP contribution in [0.4, 0.5) is 11.8 Å². The molecule has 3 aromatic heterocycles. The van der Waals surface area contributed by atoms with E-state index in [-0.39, 0.29) is 18.6 Å². The fraction of sp³-hybridized carbons (Fsp3) is 0.500. The third-order valence-electron chi connectivity index (χ3n) is 5.29. The summed E-state index contributed by atoms with van der Waals surface area (Å²) < 4.78 is 6.13. The summed E-state index contributed by atoms with van der Waals surface area (Å²) in [6, 6.07) is 1.74. The monoisotopic (exact) mass is 430 g/mol. The Morgan fingerprint density at radius 1 is 1.27 bits per heavy atom. The first-order chi connectivity index (χ1) is 14.6. The third kappa shape index (κ3) is 4.36. The van der Waals surface area contributed by atoms with Crippen LogP contribution in [0.5, 0.6) is 0 Å². The number of ether oxygens (including phenoxy) is 1. The van der Waals surface area contributed by atoms with E-state index in [1.165, 1.54) is 0 Å². The van der Waals surface area contributed by atoms with Crippen molar-refractivity contribution >= 4 is 33.3 Å². The lowest BCUT2D eigenvalue weighted by Gasteiger charge is -2.20. The van der Waals surface area contributed by atoms with Gasteiger partial charge < -0.3 is 25.6 Å². The Morgan fingerprint density at radius 2 is 2.13 bits per heavy atom. The van der Waals surface area contributed by atoms with E-state index in [9.17, 15) is 10.2 Å². The van der Waals surface area contributed by atoms with Crippen LogP contribution in [0.15, 0.2) is 18.5 Å². The molecule has 3 atom stereocenters. The van der Waals surface area contributed by atoms with E-state index in [4.69, 9.17) is 9.72 Å². The highest BCUT2D eigenvalue weighted by molar-refractivity contribution is 7.21. The molecule has 0 radical (unpaired) electrons. The quantitative estimate of drug-likeness (QED) is 0.397. The zero-order valence-corrected chi connectivity index (χ0v) is 17.8. The highest BCUT2D eigenvalue weighted by atomic mass is 32.1. The minimum atomic E-state index is -0.547. The number of aliphatic hydroxyl groups excluding tert-OH is 2. The van der Waals surface area contributed by atoms with Crippen LogP contribution in [0.3, 0.4) is 0 Å². The molecule has 10 heteroatoms. The molecule has 1 aliphatic rings. The molecule has 4 N–H and O–H groups in total. The number of aliphatic hydroxyl groups is 2. The molecule has 0 spiro atoms. The Hall–Kier alpha value is -2.40. The van der Waals surface area contributed by atoms with Crippen LogP contribution in [0.25, 0.3) is 20.8 Å². The zero-order chi connectivity index (χ0) is 21.1. The minimum absolute atomic E-state index is 0.0690. The standard InChI is InChI=1S/C20H26N6O3S/c1-11-17(19-25-14-9-21-4-3-16(14)30-19)18(26-20(23-11)22-5-6-29-2)24-13-7-12(10-27)8-15(13)28/h3-4,9,12-13,15,27-28H,5-8,10H2,1-2H3,(H2,22,23,24,26)/t12-,13+,15+/m0/s1. The Balaban J connectivity index is 1.71. The van der Waals surface area contributed by atoms with Crippen molar-refractivity contribution in [2.75, 3.05) is 37.5 Å². The van der Waals surface area contributed by atoms with Crippen LogP contribution in [-0.2, 0) is 4.74 Å². The number of thiazole rings is 1. The second-order valence-electron chi connectivity index (χ2n) is 7.48. The van der Waals surface area contributed by atoms with E-state index in [1.807, 2.05) is 13.0 Å². The maximum absolute atomic E-state index is 10.5. The van der Waals surface area contributed by atoms with E-state index in [0.29, 0.717) is 37.8 Å². The van der Waals surface area contributed by atoms with Crippen molar-refractivity contribution in [2.45, 2.75) is 31.9 Å². The number of fused-ring (bicyclic) bond motifs is 1. The molecule has 0 aromatic carbocycles. The molecule has 0 saturated heterocycles. The van der Waals surface area contributed by atoms with Gasteiger partial charge in [0, 0.05) is 26.5 Å². The molecule has 3 aromatic rings. The number of aromatic nitrogens is 4. The summed E-state index contributed by atoms with van der Waals surface area (Å²) in [5.41, 5.74) is 2.42. The number of nitrogens with zero attached hydrogens (tertiary/aromatic N) is 4. The normalized spacial score (nSPS) is 21.3. The Bertz CT molecular complexity index is 980. The molecular formula is C20H26N6O3S. The lowest BCUT2D eigenvalue weighted by atomic mass is 10.1. The number of rotatable bonds is 8. The van der Waals surface area contributed by atoms with E-state index in [1.54, 1.807) is 30.8 Å². The summed E-state index contributed by atoms with van der Waals surface area (Å²) in [5, 5.41) is 27.3. The zero-order valence-electron chi connectivity index (χ0n) is 17.0. The summed E-state index contributed by atoms with van der Waals surface area (Å²) in [4.78, 5) is 18.2. The smallest absolute Gasteiger partial charge is 0.224 e. The van der Waals surface area contributed by atoms with Crippen LogP contribution >= 0.6 is 11.3 Å². The van der Waals surface area contributed by atoms with Gasteiger partial charge in [0.05, 0.1) is 40.9 Å². The summed E-state index contributed by atoms with van der Waals surface area (Å²) in [5.74, 6) is 1.19. The lowest BCUT2D eigenvalue weighted by molar-refractivity contribution is 0.157. The molecule has 160 valence electrons. The van der Waals surface area contributed by atoms with Gasteiger partial charge in [-0.05, 0) is 31.7 Å². The van der Waals surface area contributed by atoms with Gasteiger partial charge in [-0.3, -0.25) is 4.98 Å². The van der Waals surface area contributed by atoms with Crippen LogP contribution in [-0.4, -0.2) is 69.2 Å². The molecule has 4 rings (SSSR count). The summed E-state index contributed by atoms with van der Waals surface area (Å²) in [6.07, 6.45) is 4.19. The topological polar surface area (TPSA) is 125 Å². The first-order valence-electron chi connectivity index (χ1n) is 9.97. The number of nitrogens with one attached hydrogen (secondary N) is 2. The molecule has 9 nitrogen and oxygen atoms in total. The first kappa shape index (κ1) is 20.9. The molecule has 30 heavy (non-hydrogen) atoms. The number of hydrogen-bond acceptors (Lipinski definition) is 10. The number of aryl methyl sites for hydroxylation is 1. The highest BCUT2D eigenvalue weighted by Crippen LogP contribution is 2.37. The van der Waals surface area contributed by atoms with Crippen molar-refractivity contribution in [1.29, 1.82) is 0 Å². The fourth-order valence-electron chi connectivity index (χ4n) is 3.76. The van der Waals surface area contributed by atoms with Gasteiger partial charge in [-0.1, -0.05) is 0 Å². The van der Waals surface area contributed by atoms with E-state index in [0.717, 1.165) is 26.5 Å². The molecule has 0 amide bonds. The van der Waals surface area contributed by atoms with Gasteiger partial charge in [0.2, 0.25) is 5.95 Å². The second-order valence-corrected chi connectivity index (χ2v) is 8.51. The van der Waals surface area contributed by atoms with Crippen LogP contribution < -0.4 is 10.6 Å². The second kappa shape index (κ2) is 9.17. The lowest BCUT2D eigenvalue weighted by Crippen LogP contribution is -2.29. The maximum Gasteiger partial charge on any atom is 0.224 e. The van der Waals surface area contributed by atoms with Crippen molar-refractivity contribution in [3.63, 3.8) is 0 Å². The van der Waals surface area contributed by atoms with Crippen molar-refractivity contribution in [1.82, 2.24) is 19.9 Å². The summed E-state index contributed by atoms with van der Waals surface area (Å²) in [6.45, 7) is 3.12. The largest absolute Gasteiger partial charge is 0.396 e. The van der Waals surface area contributed by atoms with E-state index >= 15 is 0 Å². The highest BCUT2D eigenvalue weighted by Gasteiger charge is 2.33. The summed E-state index contributed by atoms with van der Waals surface area (Å²) >= 11 is 1.56. The predicted octanol–water partition coefficient (Wildman–Crippen LogP) is 2.06. The molecule has 0 unspecified atom stereocenters. The van der Waals surface area contributed by atoms with Gasteiger partial charge in [0.25, 0.3) is 0 Å². The number of methoxy groups -OCH3 is 1. The Labute approximate surface area is 178 Å². The SMILES string of the molecule is COCCNc1nc(C)c(-c2nc3cnccc3s2)c(N[C@@H]2C[C@H](CO)C[C@H]2O)n1. The van der Waals surface area contributed by atoms with Crippen molar-refractivity contribution < 1.29 is 14.9 Å². The predicted molar refractivity (Wildman–Crippen MR) is 117 cm³/mol. The molecule has 0 aliphatic heterocycles. The fourth-order valence-corrected chi connectivity index (χ4v) is 4.79. The number of hydrogen-bond donors (Lipinski definition) is 4. The van der Waals surface area contributed by atoms with Crippen LogP contribution in [0, 0.1) is 12.8 Å². The average molecular weight is 431 g/mol. The molecule has 3 heterocycles. The number of pyridine rings is 1. The van der Waals surface area contributed by atoms with Crippen molar-refractivity contribution in [2.24, 2.45) is 5.92 Å². The Kier molecular flexibility index (Phi) is 6.38. The van der Waals surface area contributed by atoms with Gasteiger partial charge in [-0.15, -0.1) is 11.3 Å². The summed E-state index contributed by atoms with van der Waals surface area (Å²) in [7, 11) is 1.64. The van der Waals surface area contributed by atoms with Gasteiger partial charge in [0.1, 0.15) is 16.3 Å². The van der Waals surface area contributed by atoms with Crippen molar-refractivity contribution in [3.8, 4) is 10.6 Å². The van der Waals surface area contributed by atoms with E-state index < -0.39 is 6.10 Å². The van der Waals surface area contributed by atoms with Gasteiger partial charge in [0.15, 0.2) is 0 Å². The maximum atomic E-state index is 10.5. The number of anilines is 2. The molecule has 1 saturated carbocycles. The van der Waals surface area contributed by atoms with Crippen LogP contribution in [0.1, 0.15) is 18.5 Å². The first-order valence-corrected chi connectivity index (χ1v) is 10.8. The average Bonchev–Trinajstić information content (AvgIpc) is 3.31. The van der Waals surface area contributed by atoms with Crippen LogP contribution in [0.2, 0.25) is 0 Å².